The first-order chi connectivity index (χ1) is 14.5. The van der Waals surface area contributed by atoms with Gasteiger partial charge in [-0.05, 0) is 36.0 Å². The summed E-state index contributed by atoms with van der Waals surface area (Å²) in [6, 6.07) is 12.2. The van der Waals surface area contributed by atoms with E-state index in [4.69, 9.17) is 15.2 Å². The molecule has 3 aliphatic rings. The minimum absolute atomic E-state index is 0.181. The summed E-state index contributed by atoms with van der Waals surface area (Å²) in [5.41, 5.74) is 7.20. The fourth-order valence-electron chi connectivity index (χ4n) is 4.14. The van der Waals surface area contributed by atoms with Gasteiger partial charge in [0.2, 0.25) is 5.91 Å². The molecule has 1 saturated heterocycles. The summed E-state index contributed by atoms with van der Waals surface area (Å²) in [5.74, 6) is 0.805. The number of nitrogens with one attached hydrogen (secondary N) is 1. The van der Waals surface area contributed by atoms with Gasteiger partial charge in [0.15, 0.2) is 0 Å². The average Bonchev–Trinajstić information content (AvgIpc) is 3.20. The first kappa shape index (κ1) is 20.3. The van der Waals surface area contributed by atoms with E-state index in [-0.39, 0.29) is 11.1 Å². The fraction of sp³-hybridized carbons (Fsp3) is 0.391. The maximum absolute atomic E-state index is 13.6. The maximum atomic E-state index is 13.6. The average molecular weight is 412 g/mol. The molecule has 6 nitrogen and oxygen atoms in total. The van der Waals surface area contributed by atoms with Crippen molar-refractivity contribution < 1.29 is 23.5 Å². The number of nitrogens with two attached hydrogens (primary N) is 1. The van der Waals surface area contributed by atoms with Crippen LogP contribution in [0.5, 0.6) is 5.75 Å². The highest BCUT2D eigenvalue weighted by Gasteiger charge is 2.42. The van der Waals surface area contributed by atoms with Gasteiger partial charge < -0.3 is 20.5 Å². The molecule has 2 aromatic rings. The van der Waals surface area contributed by atoms with Crippen LogP contribution in [0.15, 0.2) is 42.5 Å². The Labute approximate surface area is 174 Å². The van der Waals surface area contributed by atoms with E-state index in [0.29, 0.717) is 11.3 Å². The Bertz CT molecular complexity index is 942. The highest BCUT2D eigenvalue weighted by Crippen LogP contribution is 2.45. The Morgan fingerprint density at radius 1 is 1.17 bits per heavy atom. The minimum atomic E-state index is -0.756. The lowest BCUT2D eigenvalue weighted by molar-refractivity contribution is 0.0955. The van der Waals surface area contributed by atoms with Gasteiger partial charge in [-0.15, -0.1) is 0 Å². The summed E-state index contributed by atoms with van der Waals surface area (Å²) in [5, 5.41) is 2.50. The number of hydrogen-bond acceptors (Lipinski definition) is 4. The predicted octanol–water partition coefficient (Wildman–Crippen LogP) is 2.66. The fourth-order valence-corrected chi connectivity index (χ4v) is 4.14. The van der Waals surface area contributed by atoms with Crippen molar-refractivity contribution in [1.29, 1.82) is 0 Å². The molecular weight excluding hydrogens is 387 g/mol. The van der Waals surface area contributed by atoms with Gasteiger partial charge in [-0.25, -0.2) is 4.39 Å². The van der Waals surface area contributed by atoms with Gasteiger partial charge in [-0.1, -0.05) is 30.3 Å². The van der Waals surface area contributed by atoms with Crippen molar-refractivity contribution >= 4 is 11.8 Å². The topological polar surface area (TPSA) is 90.6 Å². The Balaban J connectivity index is 0.000000305. The van der Waals surface area contributed by atoms with Gasteiger partial charge in [-0.3, -0.25) is 9.59 Å². The van der Waals surface area contributed by atoms with Gasteiger partial charge >= 0.3 is 0 Å². The summed E-state index contributed by atoms with van der Waals surface area (Å²) >= 11 is 0. The van der Waals surface area contributed by atoms with E-state index in [9.17, 15) is 14.0 Å². The van der Waals surface area contributed by atoms with Gasteiger partial charge in [0.1, 0.15) is 18.5 Å². The maximum Gasteiger partial charge on any atom is 0.254 e. The third kappa shape index (κ3) is 3.89. The Morgan fingerprint density at radius 3 is 2.37 bits per heavy atom. The summed E-state index contributed by atoms with van der Waals surface area (Å²) < 4.78 is 24.4. The molecule has 2 amide bonds. The second-order valence-corrected chi connectivity index (χ2v) is 7.88. The Kier molecular flexibility index (Phi) is 5.72. The number of primary amides is 1. The van der Waals surface area contributed by atoms with Crippen LogP contribution in [0.4, 0.5) is 4.39 Å². The smallest absolute Gasteiger partial charge is 0.254 e. The zero-order chi connectivity index (χ0) is 21.3. The van der Waals surface area contributed by atoms with E-state index in [1.54, 1.807) is 6.07 Å². The monoisotopic (exact) mass is 412 g/mol. The number of carbonyl (C=O) groups excluding carboxylic acids is 2. The number of hydrogen-bond donors (Lipinski definition) is 2. The number of benzene rings is 2. The number of halogens is 1. The Morgan fingerprint density at radius 2 is 1.87 bits per heavy atom. The number of fused-ring (bicyclic) bond motifs is 2. The lowest BCUT2D eigenvalue weighted by atomic mass is 9.86. The van der Waals surface area contributed by atoms with Crippen molar-refractivity contribution in [3.8, 4) is 5.75 Å². The second kappa shape index (κ2) is 8.44. The summed E-state index contributed by atoms with van der Waals surface area (Å²) in [7, 11) is 1.47. The predicted molar refractivity (Wildman–Crippen MR) is 109 cm³/mol. The highest BCUT2D eigenvalue weighted by atomic mass is 19.1. The molecule has 5 rings (SSSR count). The van der Waals surface area contributed by atoms with Crippen LogP contribution in [0, 0.1) is 11.8 Å². The molecule has 3 N–H and O–H groups in total. The molecule has 0 bridgehead atoms. The van der Waals surface area contributed by atoms with Crippen molar-refractivity contribution in [3.05, 3.63) is 64.7 Å². The molecule has 2 fully saturated rings. The number of rotatable bonds is 4. The van der Waals surface area contributed by atoms with E-state index in [2.05, 4.69) is 5.32 Å². The molecule has 30 heavy (non-hydrogen) atoms. The van der Waals surface area contributed by atoms with Crippen molar-refractivity contribution in [3.63, 3.8) is 0 Å². The van der Waals surface area contributed by atoms with Crippen molar-refractivity contribution in [2.75, 3.05) is 26.9 Å². The Hall–Kier alpha value is -2.93. The summed E-state index contributed by atoms with van der Waals surface area (Å²) in [6.07, 6.45) is 0.703. The molecule has 3 unspecified atom stereocenters. The summed E-state index contributed by atoms with van der Waals surface area (Å²) in [4.78, 5) is 23.8. The third-order valence-electron chi connectivity index (χ3n) is 5.89. The van der Waals surface area contributed by atoms with Crippen molar-refractivity contribution in [2.45, 2.75) is 18.4 Å². The molecule has 0 aromatic heterocycles. The van der Waals surface area contributed by atoms with Crippen LogP contribution in [0.3, 0.4) is 0 Å². The highest BCUT2D eigenvalue weighted by molar-refractivity contribution is 6.02. The van der Waals surface area contributed by atoms with Crippen molar-refractivity contribution in [1.82, 2.24) is 5.32 Å². The molecule has 1 aliphatic carbocycles. The van der Waals surface area contributed by atoms with Gasteiger partial charge in [0.25, 0.3) is 5.91 Å². The van der Waals surface area contributed by atoms with Crippen LogP contribution >= 0.6 is 0 Å². The SMILES string of the molecule is C1OCC2CC12.CNC(=O)c1cc(C(N)=O)cc2c1O[C@@H](CF)C2c1ccccc1. The molecule has 0 radical (unpaired) electrons. The molecule has 2 heterocycles. The molecule has 4 atom stereocenters. The third-order valence-corrected chi connectivity index (χ3v) is 5.89. The van der Waals surface area contributed by atoms with Crippen LogP contribution < -0.4 is 15.8 Å². The lowest BCUT2D eigenvalue weighted by Gasteiger charge is -2.16. The lowest BCUT2D eigenvalue weighted by Crippen LogP contribution is -2.22. The van der Waals surface area contributed by atoms with Crippen LogP contribution in [0.2, 0.25) is 0 Å². The molecular formula is C23H25FN2O4. The summed E-state index contributed by atoms with van der Waals surface area (Å²) in [6.45, 7) is 1.41. The zero-order valence-electron chi connectivity index (χ0n) is 16.8. The first-order valence-corrected chi connectivity index (χ1v) is 10.1. The van der Waals surface area contributed by atoms with Crippen LogP contribution in [0.1, 0.15) is 44.2 Å². The quantitative estimate of drug-likeness (QED) is 0.808. The first-order valence-electron chi connectivity index (χ1n) is 10.1. The molecule has 2 aromatic carbocycles. The number of alkyl halides is 1. The molecule has 1 saturated carbocycles. The minimum Gasteiger partial charge on any atom is -0.486 e. The second-order valence-electron chi connectivity index (χ2n) is 7.88. The van der Waals surface area contributed by atoms with Crippen LogP contribution in [-0.4, -0.2) is 44.9 Å². The molecule has 7 heteroatoms. The van der Waals surface area contributed by atoms with E-state index < -0.39 is 30.5 Å². The largest absolute Gasteiger partial charge is 0.486 e. The number of carbonyl (C=O) groups is 2. The number of amides is 2. The normalized spacial score (nSPS) is 25.3. The van der Waals surface area contributed by atoms with Gasteiger partial charge in [0.05, 0.1) is 11.5 Å². The number of ether oxygens (including phenoxy) is 2. The van der Waals surface area contributed by atoms with Crippen LogP contribution in [-0.2, 0) is 4.74 Å². The van der Waals surface area contributed by atoms with Gasteiger partial charge in [-0.2, -0.15) is 0 Å². The molecule has 158 valence electrons. The van der Waals surface area contributed by atoms with Crippen molar-refractivity contribution in [2.24, 2.45) is 17.6 Å². The zero-order valence-corrected chi connectivity index (χ0v) is 16.8. The molecule has 2 aliphatic heterocycles. The van der Waals surface area contributed by atoms with E-state index >= 15 is 0 Å². The van der Waals surface area contributed by atoms with E-state index in [0.717, 1.165) is 30.6 Å². The van der Waals surface area contributed by atoms with E-state index in [1.165, 1.54) is 19.5 Å². The standard InChI is InChI=1S/C18H17FN2O3.C5H8O/c1-21-18(23)13-8-11(17(20)22)7-12-15(10-5-3-2-4-6-10)14(9-19)24-16(12)13;1-4-2-6-3-5(1)4/h2-8,14-15H,9H2,1H3,(H2,20,22)(H,21,23);4-5H,1-3H2/t14-,15?;/m0./s1. The van der Waals surface area contributed by atoms with Crippen LogP contribution in [0.25, 0.3) is 0 Å². The van der Waals surface area contributed by atoms with Gasteiger partial charge in [0, 0.05) is 31.4 Å². The molecule has 0 spiro atoms. The van der Waals surface area contributed by atoms with E-state index in [1.807, 2.05) is 30.3 Å².